The van der Waals surface area contributed by atoms with Crippen molar-refractivity contribution in [3.05, 3.63) is 53.1 Å². The van der Waals surface area contributed by atoms with Crippen molar-refractivity contribution in [2.24, 2.45) is 0 Å². The van der Waals surface area contributed by atoms with E-state index in [9.17, 15) is 22.8 Å². The molecule has 0 radical (unpaired) electrons. The Hall–Kier alpha value is -2.48. The molecule has 0 bridgehead atoms. The summed E-state index contributed by atoms with van der Waals surface area (Å²) in [5, 5.41) is 4.55. The molecule has 2 aromatic carbocycles. The summed E-state index contributed by atoms with van der Waals surface area (Å²) in [5.74, 6) is -0.811. The van der Waals surface area contributed by atoms with Crippen LogP contribution in [0.1, 0.15) is 23.1 Å². The molecule has 27 heavy (non-hydrogen) atoms. The van der Waals surface area contributed by atoms with Crippen LogP contribution in [-0.2, 0) is 15.8 Å². The van der Waals surface area contributed by atoms with Gasteiger partial charge in [-0.25, -0.2) is 0 Å². The van der Waals surface area contributed by atoms with Crippen LogP contribution < -0.4 is 10.6 Å². The highest BCUT2D eigenvalue weighted by Crippen LogP contribution is 2.40. The van der Waals surface area contributed by atoms with E-state index in [1.807, 2.05) is 32.0 Å². The van der Waals surface area contributed by atoms with Crippen LogP contribution in [-0.4, -0.2) is 17.1 Å². The lowest BCUT2D eigenvalue weighted by molar-refractivity contribution is -0.137. The lowest BCUT2D eigenvalue weighted by Crippen LogP contribution is -2.32. The molecule has 1 heterocycles. The van der Waals surface area contributed by atoms with E-state index in [1.54, 1.807) is 0 Å². The molecule has 0 aliphatic carbocycles. The van der Waals surface area contributed by atoms with Crippen molar-refractivity contribution in [3.8, 4) is 0 Å². The van der Waals surface area contributed by atoms with Crippen LogP contribution in [0.25, 0.3) is 0 Å². The van der Waals surface area contributed by atoms with Gasteiger partial charge in [0.2, 0.25) is 11.8 Å². The third-order valence-corrected chi connectivity index (χ3v) is 5.44. The van der Waals surface area contributed by atoms with Gasteiger partial charge in [-0.05, 0) is 49.2 Å². The molecular weight excluding hydrogens is 377 g/mol. The maximum Gasteiger partial charge on any atom is 0.416 e. The van der Waals surface area contributed by atoms with Crippen molar-refractivity contribution in [3.63, 3.8) is 0 Å². The van der Waals surface area contributed by atoms with E-state index in [4.69, 9.17) is 0 Å². The summed E-state index contributed by atoms with van der Waals surface area (Å²) in [5.41, 5.74) is 1.87. The number of fused-ring (bicyclic) bond motifs is 1. The number of amides is 2. The average Bonchev–Trinajstić information content (AvgIpc) is 2.57. The standard InChI is InChI=1S/C19H17F3N2O2S/c1-10-3-4-11(2)13(7-10)23-17(25)9-16-18(26)24-14-8-12(19(20,21)22)5-6-15(14)27-16/h3-8,16H,9H2,1-2H3,(H,23,25)(H,24,26). The second-order valence-corrected chi connectivity index (χ2v) is 7.62. The van der Waals surface area contributed by atoms with Gasteiger partial charge in [0.1, 0.15) is 0 Å². The summed E-state index contributed by atoms with van der Waals surface area (Å²) in [7, 11) is 0. The normalized spacial score (nSPS) is 16.5. The van der Waals surface area contributed by atoms with E-state index in [1.165, 1.54) is 6.07 Å². The highest BCUT2D eigenvalue weighted by Gasteiger charge is 2.34. The summed E-state index contributed by atoms with van der Waals surface area (Å²) in [6, 6.07) is 8.86. The van der Waals surface area contributed by atoms with Crippen LogP contribution in [0.15, 0.2) is 41.3 Å². The third kappa shape index (κ3) is 4.44. The van der Waals surface area contributed by atoms with Crippen LogP contribution in [0.5, 0.6) is 0 Å². The molecule has 3 rings (SSSR count). The molecule has 1 aliphatic rings. The first kappa shape index (κ1) is 19.3. The zero-order valence-corrected chi connectivity index (χ0v) is 15.4. The van der Waals surface area contributed by atoms with Crippen molar-refractivity contribution in [1.29, 1.82) is 0 Å². The van der Waals surface area contributed by atoms with Gasteiger partial charge >= 0.3 is 6.18 Å². The molecule has 0 saturated carbocycles. The second-order valence-electron chi connectivity index (χ2n) is 6.38. The number of hydrogen-bond donors (Lipinski definition) is 2. The fraction of sp³-hybridized carbons (Fsp3) is 0.263. The van der Waals surface area contributed by atoms with E-state index >= 15 is 0 Å². The number of rotatable bonds is 3. The van der Waals surface area contributed by atoms with Gasteiger partial charge in [-0.15, -0.1) is 11.8 Å². The fourth-order valence-corrected chi connectivity index (χ4v) is 3.79. The Kier molecular flexibility index (Phi) is 5.19. The number of carbonyl (C=O) groups is 2. The number of halogens is 3. The zero-order valence-electron chi connectivity index (χ0n) is 14.6. The maximum atomic E-state index is 12.8. The molecule has 4 nitrogen and oxygen atoms in total. The molecule has 2 aromatic rings. The molecule has 0 aromatic heterocycles. The van der Waals surface area contributed by atoms with Gasteiger partial charge in [0.25, 0.3) is 0 Å². The van der Waals surface area contributed by atoms with Crippen molar-refractivity contribution < 1.29 is 22.8 Å². The van der Waals surface area contributed by atoms with Gasteiger partial charge in [0.05, 0.1) is 16.5 Å². The van der Waals surface area contributed by atoms with Crippen molar-refractivity contribution in [2.45, 2.75) is 36.6 Å². The van der Waals surface area contributed by atoms with Crippen LogP contribution in [0.4, 0.5) is 24.5 Å². The summed E-state index contributed by atoms with van der Waals surface area (Å²) in [4.78, 5) is 25.1. The van der Waals surface area contributed by atoms with Gasteiger partial charge in [-0.1, -0.05) is 12.1 Å². The van der Waals surface area contributed by atoms with Crippen molar-refractivity contribution in [1.82, 2.24) is 0 Å². The molecule has 2 amide bonds. The molecule has 0 spiro atoms. The fourth-order valence-electron chi connectivity index (χ4n) is 2.70. The molecule has 2 N–H and O–H groups in total. The number of benzene rings is 2. The Balaban J connectivity index is 1.71. The Labute approximate surface area is 158 Å². The zero-order chi connectivity index (χ0) is 19.8. The van der Waals surface area contributed by atoms with Crippen molar-refractivity contribution in [2.75, 3.05) is 10.6 Å². The van der Waals surface area contributed by atoms with E-state index in [0.717, 1.165) is 35.0 Å². The van der Waals surface area contributed by atoms with Gasteiger partial charge < -0.3 is 10.6 Å². The van der Waals surface area contributed by atoms with Crippen LogP contribution in [0, 0.1) is 13.8 Å². The minimum absolute atomic E-state index is 0.0790. The Morgan fingerprint density at radius 2 is 1.93 bits per heavy atom. The topological polar surface area (TPSA) is 58.2 Å². The number of thioether (sulfide) groups is 1. The van der Waals surface area contributed by atoms with Gasteiger partial charge in [0, 0.05) is 17.0 Å². The first-order valence-electron chi connectivity index (χ1n) is 8.19. The number of nitrogens with one attached hydrogen (secondary N) is 2. The lowest BCUT2D eigenvalue weighted by atomic mass is 10.1. The molecule has 1 aliphatic heterocycles. The van der Waals surface area contributed by atoms with Gasteiger partial charge in [0.15, 0.2) is 0 Å². The van der Waals surface area contributed by atoms with Crippen LogP contribution in [0.3, 0.4) is 0 Å². The SMILES string of the molecule is Cc1ccc(C)c(NC(=O)CC2Sc3ccc(C(F)(F)F)cc3NC2=O)c1. The number of carbonyl (C=O) groups excluding carboxylic acids is 2. The smallest absolute Gasteiger partial charge is 0.326 e. The lowest BCUT2D eigenvalue weighted by Gasteiger charge is -2.24. The van der Waals surface area contributed by atoms with Crippen LogP contribution in [0.2, 0.25) is 0 Å². The predicted octanol–water partition coefficient (Wildman–Crippen LogP) is 4.76. The Bertz CT molecular complexity index is 912. The Morgan fingerprint density at radius 3 is 2.63 bits per heavy atom. The molecule has 142 valence electrons. The number of alkyl halides is 3. The molecular formula is C19H17F3N2O2S. The van der Waals surface area contributed by atoms with Gasteiger partial charge in [-0.2, -0.15) is 13.2 Å². The van der Waals surface area contributed by atoms with Crippen LogP contribution >= 0.6 is 11.8 Å². The van der Waals surface area contributed by atoms with E-state index < -0.39 is 22.9 Å². The molecule has 8 heteroatoms. The van der Waals surface area contributed by atoms with E-state index in [0.29, 0.717) is 10.6 Å². The first-order chi connectivity index (χ1) is 12.6. The highest BCUT2D eigenvalue weighted by molar-refractivity contribution is 8.01. The minimum Gasteiger partial charge on any atom is -0.326 e. The van der Waals surface area contributed by atoms with Crippen molar-refractivity contribution >= 4 is 35.0 Å². The largest absolute Gasteiger partial charge is 0.416 e. The molecule has 1 unspecified atom stereocenters. The first-order valence-corrected chi connectivity index (χ1v) is 9.07. The van der Waals surface area contributed by atoms with E-state index in [-0.39, 0.29) is 18.0 Å². The highest BCUT2D eigenvalue weighted by atomic mass is 32.2. The second kappa shape index (κ2) is 7.26. The molecule has 1 atom stereocenters. The maximum absolute atomic E-state index is 12.8. The predicted molar refractivity (Wildman–Crippen MR) is 98.9 cm³/mol. The number of hydrogen-bond acceptors (Lipinski definition) is 3. The summed E-state index contributed by atoms with van der Waals surface area (Å²) in [6.07, 6.45) is -4.56. The van der Waals surface area contributed by atoms with Gasteiger partial charge in [-0.3, -0.25) is 9.59 Å². The molecule has 0 fully saturated rings. The quantitative estimate of drug-likeness (QED) is 0.789. The monoisotopic (exact) mass is 394 g/mol. The summed E-state index contributed by atoms with van der Waals surface area (Å²) in [6.45, 7) is 3.78. The average molecular weight is 394 g/mol. The Morgan fingerprint density at radius 1 is 1.19 bits per heavy atom. The number of aryl methyl sites for hydroxylation is 2. The minimum atomic E-state index is -4.48. The summed E-state index contributed by atoms with van der Waals surface area (Å²) >= 11 is 1.09. The third-order valence-electron chi connectivity index (χ3n) is 4.16. The number of anilines is 2. The van der Waals surface area contributed by atoms with E-state index in [2.05, 4.69) is 10.6 Å². The molecule has 0 saturated heterocycles. The summed E-state index contributed by atoms with van der Waals surface area (Å²) < 4.78 is 38.4.